The molecule has 0 aliphatic rings. The molecule has 0 bridgehead atoms. The maximum Gasteiger partial charge on any atom is 0.244 e. The van der Waals surface area contributed by atoms with E-state index in [1.54, 1.807) is 0 Å². The van der Waals surface area contributed by atoms with Crippen LogP contribution in [0.15, 0.2) is 18.2 Å². The van der Waals surface area contributed by atoms with Gasteiger partial charge in [-0.1, -0.05) is 25.4 Å². The summed E-state index contributed by atoms with van der Waals surface area (Å²) in [5.74, 6) is -0.955. The fourth-order valence-corrected chi connectivity index (χ4v) is 1.57. The van der Waals surface area contributed by atoms with Crippen LogP contribution in [0.2, 0.25) is 5.02 Å². The third kappa shape index (κ3) is 3.17. The number of hydrogen-bond acceptors (Lipinski definition) is 2. The molecule has 0 atom stereocenters. The number of carbonyl (C=O) groups excluding carboxylic acids is 1. The van der Waals surface area contributed by atoms with Crippen LogP contribution in [0.1, 0.15) is 26.7 Å². The predicted octanol–water partition coefficient (Wildman–Crippen LogP) is 2.94. The summed E-state index contributed by atoms with van der Waals surface area (Å²) >= 11 is 5.62. The van der Waals surface area contributed by atoms with Gasteiger partial charge in [-0.05, 0) is 31.0 Å². The first-order valence-corrected chi connectivity index (χ1v) is 5.86. The Kier molecular flexibility index (Phi) is 4.48. The zero-order chi connectivity index (χ0) is 13.1. The molecule has 0 unspecified atom stereocenters. The van der Waals surface area contributed by atoms with Crippen molar-refractivity contribution in [1.29, 1.82) is 0 Å². The van der Waals surface area contributed by atoms with Crippen molar-refractivity contribution in [3.05, 3.63) is 29.0 Å². The van der Waals surface area contributed by atoms with E-state index in [1.165, 1.54) is 12.1 Å². The lowest BCUT2D eigenvalue weighted by Crippen LogP contribution is -2.50. The molecule has 17 heavy (non-hydrogen) atoms. The minimum atomic E-state index is -0.966. The fourth-order valence-electron chi connectivity index (χ4n) is 1.41. The minimum absolute atomic E-state index is 0.0936. The Morgan fingerprint density at radius 3 is 2.53 bits per heavy atom. The lowest BCUT2D eigenvalue weighted by molar-refractivity contribution is -0.121. The molecule has 0 fully saturated rings. The van der Waals surface area contributed by atoms with Crippen molar-refractivity contribution in [1.82, 2.24) is 0 Å². The molecule has 3 nitrogen and oxygen atoms in total. The Morgan fingerprint density at radius 2 is 2.06 bits per heavy atom. The normalized spacial score (nSPS) is 11.4. The Labute approximate surface area is 105 Å². The van der Waals surface area contributed by atoms with Crippen molar-refractivity contribution in [2.75, 3.05) is 5.32 Å². The minimum Gasteiger partial charge on any atom is -0.322 e. The molecule has 0 aliphatic carbocycles. The van der Waals surface area contributed by atoms with Gasteiger partial charge >= 0.3 is 0 Å². The molecule has 0 spiro atoms. The lowest BCUT2D eigenvalue weighted by atomic mass is 9.93. The van der Waals surface area contributed by atoms with Gasteiger partial charge in [0.05, 0.1) is 11.2 Å². The number of nitrogens with two attached hydrogens (primary N) is 1. The fraction of sp³-hybridized carbons (Fsp3) is 0.417. The zero-order valence-electron chi connectivity index (χ0n) is 9.89. The van der Waals surface area contributed by atoms with Crippen LogP contribution < -0.4 is 11.1 Å². The van der Waals surface area contributed by atoms with Crippen molar-refractivity contribution in [3.63, 3.8) is 0 Å². The Bertz CT molecular complexity index is 419. The molecule has 1 amide bonds. The number of halogens is 2. The first-order valence-electron chi connectivity index (χ1n) is 5.48. The summed E-state index contributed by atoms with van der Waals surface area (Å²) in [6, 6.07) is 4.07. The van der Waals surface area contributed by atoms with Crippen LogP contribution >= 0.6 is 11.6 Å². The van der Waals surface area contributed by atoms with Gasteiger partial charge in [0.15, 0.2) is 0 Å². The number of benzene rings is 1. The number of anilines is 1. The maximum atomic E-state index is 13.5. The third-order valence-electron chi connectivity index (χ3n) is 2.89. The SMILES string of the molecule is CCC(N)(CC)C(=O)Nc1ccc(Cl)cc1F. The van der Waals surface area contributed by atoms with E-state index < -0.39 is 11.4 Å². The average Bonchev–Trinajstić information content (AvgIpc) is 2.31. The standard InChI is InChI=1S/C12H16ClFN2O/c1-3-12(15,4-2)11(17)16-10-6-5-8(13)7-9(10)14/h5-7H,3-4,15H2,1-2H3,(H,16,17). The summed E-state index contributed by atoms with van der Waals surface area (Å²) in [5, 5.41) is 2.77. The van der Waals surface area contributed by atoms with Crippen molar-refractivity contribution < 1.29 is 9.18 Å². The largest absolute Gasteiger partial charge is 0.322 e. The van der Waals surface area contributed by atoms with Gasteiger partial charge in [-0.15, -0.1) is 0 Å². The van der Waals surface area contributed by atoms with Crippen molar-refractivity contribution >= 4 is 23.2 Å². The second-order valence-corrected chi connectivity index (χ2v) is 4.38. The van der Waals surface area contributed by atoms with Gasteiger partial charge in [0.1, 0.15) is 5.82 Å². The highest BCUT2D eigenvalue weighted by atomic mass is 35.5. The molecular formula is C12H16ClFN2O. The van der Waals surface area contributed by atoms with Gasteiger partial charge in [-0.25, -0.2) is 4.39 Å². The van der Waals surface area contributed by atoms with Crippen LogP contribution in [-0.2, 0) is 4.79 Å². The Balaban J connectivity index is 2.88. The highest BCUT2D eigenvalue weighted by molar-refractivity contribution is 6.30. The second-order valence-electron chi connectivity index (χ2n) is 3.94. The maximum absolute atomic E-state index is 13.5. The number of rotatable bonds is 4. The molecule has 1 aromatic rings. The first-order chi connectivity index (χ1) is 7.92. The van der Waals surface area contributed by atoms with Gasteiger partial charge in [-0.3, -0.25) is 4.79 Å². The monoisotopic (exact) mass is 258 g/mol. The molecule has 0 aliphatic heterocycles. The number of hydrogen-bond donors (Lipinski definition) is 2. The lowest BCUT2D eigenvalue weighted by Gasteiger charge is -2.25. The van der Waals surface area contributed by atoms with E-state index in [1.807, 2.05) is 13.8 Å². The summed E-state index contributed by atoms with van der Waals surface area (Å²) in [6.45, 7) is 3.64. The van der Waals surface area contributed by atoms with Crippen molar-refractivity contribution in [3.8, 4) is 0 Å². The van der Waals surface area contributed by atoms with Crippen molar-refractivity contribution in [2.45, 2.75) is 32.2 Å². The van der Waals surface area contributed by atoms with E-state index in [-0.39, 0.29) is 16.6 Å². The average molecular weight is 259 g/mol. The molecule has 0 radical (unpaired) electrons. The van der Waals surface area contributed by atoms with Crippen LogP contribution in [0, 0.1) is 5.82 Å². The summed E-state index contributed by atoms with van der Waals surface area (Å²) in [5.41, 5.74) is 5.03. The van der Waals surface area contributed by atoms with Crippen LogP contribution in [0.3, 0.4) is 0 Å². The van der Waals surface area contributed by atoms with Crippen LogP contribution in [0.5, 0.6) is 0 Å². The molecule has 1 rings (SSSR count). The molecule has 0 heterocycles. The molecule has 0 saturated heterocycles. The van der Waals surface area contributed by atoms with Gasteiger partial charge in [-0.2, -0.15) is 0 Å². The van der Waals surface area contributed by atoms with Crippen LogP contribution in [0.25, 0.3) is 0 Å². The van der Waals surface area contributed by atoms with E-state index in [9.17, 15) is 9.18 Å². The molecule has 94 valence electrons. The molecule has 1 aromatic carbocycles. The second kappa shape index (κ2) is 5.47. The Morgan fingerprint density at radius 1 is 1.47 bits per heavy atom. The summed E-state index contributed by atoms with van der Waals surface area (Å²) in [7, 11) is 0. The van der Waals surface area contributed by atoms with Gasteiger partial charge in [0.25, 0.3) is 0 Å². The number of carbonyl (C=O) groups is 1. The van der Waals surface area contributed by atoms with Gasteiger partial charge in [0.2, 0.25) is 5.91 Å². The zero-order valence-corrected chi connectivity index (χ0v) is 10.6. The van der Waals surface area contributed by atoms with E-state index in [0.717, 1.165) is 6.07 Å². The predicted molar refractivity (Wildman–Crippen MR) is 67.5 cm³/mol. The van der Waals surface area contributed by atoms with E-state index in [0.29, 0.717) is 12.8 Å². The topological polar surface area (TPSA) is 55.1 Å². The molecule has 0 aromatic heterocycles. The molecule has 3 N–H and O–H groups in total. The van der Waals surface area contributed by atoms with Crippen LogP contribution in [0.4, 0.5) is 10.1 Å². The molecular weight excluding hydrogens is 243 g/mol. The highest BCUT2D eigenvalue weighted by Crippen LogP contribution is 2.21. The third-order valence-corrected chi connectivity index (χ3v) is 3.13. The quantitative estimate of drug-likeness (QED) is 0.872. The smallest absolute Gasteiger partial charge is 0.244 e. The van der Waals surface area contributed by atoms with Gasteiger partial charge in [0, 0.05) is 5.02 Å². The van der Waals surface area contributed by atoms with Crippen LogP contribution in [-0.4, -0.2) is 11.4 Å². The first kappa shape index (κ1) is 13.9. The summed E-state index contributed by atoms with van der Waals surface area (Å²) in [4.78, 5) is 11.9. The Hall–Kier alpha value is -1.13. The summed E-state index contributed by atoms with van der Waals surface area (Å²) < 4.78 is 13.5. The van der Waals surface area contributed by atoms with Gasteiger partial charge < -0.3 is 11.1 Å². The van der Waals surface area contributed by atoms with E-state index in [4.69, 9.17) is 17.3 Å². The number of nitrogens with one attached hydrogen (secondary N) is 1. The molecule has 5 heteroatoms. The number of amides is 1. The van der Waals surface area contributed by atoms with E-state index >= 15 is 0 Å². The van der Waals surface area contributed by atoms with Crippen molar-refractivity contribution in [2.24, 2.45) is 5.73 Å². The van der Waals surface area contributed by atoms with E-state index in [2.05, 4.69) is 5.32 Å². The molecule has 0 saturated carbocycles. The summed E-state index contributed by atoms with van der Waals surface area (Å²) in [6.07, 6.45) is 0.981. The highest BCUT2D eigenvalue weighted by Gasteiger charge is 2.30.